The van der Waals surface area contributed by atoms with Crippen LogP contribution in [0.15, 0.2) is 18.2 Å². The van der Waals surface area contributed by atoms with Crippen molar-refractivity contribution in [3.8, 4) is 0 Å². The number of piperidine rings is 1. The summed E-state index contributed by atoms with van der Waals surface area (Å²) in [4.78, 5) is 38.2. The SMILES string of the molecule is C.CCCc1cccc2c1C(=O)N(C1(C)CCC(=O)NC1=O)C2. The van der Waals surface area contributed by atoms with Crippen LogP contribution in [-0.4, -0.2) is 28.2 Å². The normalized spacial score (nSPS) is 23.4. The van der Waals surface area contributed by atoms with E-state index in [0.717, 1.165) is 29.5 Å². The molecule has 23 heavy (non-hydrogen) atoms. The summed E-state index contributed by atoms with van der Waals surface area (Å²) < 4.78 is 0. The van der Waals surface area contributed by atoms with Crippen molar-refractivity contribution < 1.29 is 14.4 Å². The molecule has 0 radical (unpaired) electrons. The summed E-state index contributed by atoms with van der Waals surface area (Å²) in [6.45, 7) is 4.26. The van der Waals surface area contributed by atoms with Gasteiger partial charge in [-0.15, -0.1) is 0 Å². The highest BCUT2D eigenvalue weighted by molar-refractivity contribution is 6.07. The zero-order chi connectivity index (χ0) is 15.9. The number of fused-ring (bicyclic) bond motifs is 1. The molecule has 1 unspecified atom stereocenters. The molecule has 3 rings (SSSR count). The molecule has 0 spiro atoms. The highest BCUT2D eigenvalue weighted by Gasteiger charge is 2.48. The summed E-state index contributed by atoms with van der Waals surface area (Å²) in [6, 6.07) is 5.89. The molecule has 2 heterocycles. The lowest BCUT2D eigenvalue weighted by Crippen LogP contribution is -2.61. The number of imide groups is 1. The van der Waals surface area contributed by atoms with Crippen LogP contribution in [-0.2, 0) is 22.6 Å². The predicted molar refractivity (Wildman–Crippen MR) is 87.8 cm³/mol. The molecule has 5 heteroatoms. The first-order valence-electron chi connectivity index (χ1n) is 7.74. The van der Waals surface area contributed by atoms with Crippen LogP contribution >= 0.6 is 0 Å². The molecule has 0 aromatic heterocycles. The van der Waals surface area contributed by atoms with E-state index >= 15 is 0 Å². The summed E-state index contributed by atoms with van der Waals surface area (Å²) in [7, 11) is 0. The maximum atomic E-state index is 12.9. The Morgan fingerprint density at radius 2 is 2.00 bits per heavy atom. The number of aryl methyl sites for hydroxylation is 1. The largest absolute Gasteiger partial charge is 0.320 e. The first kappa shape index (κ1) is 17.2. The first-order valence-corrected chi connectivity index (χ1v) is 7.74. The fraction of sp³-hybridized carbons (Fsp3) is 0.500. The van der Waals surface area contributed by atoms with Crippen molar-refractivity contribution in [2.45, 2.75) is 59.0 Å². The van der Waals surface area contributed by atoms with Crippen molar-refractivity contribution in [2.24, 2.45) is 0 Å². The van der Waals surface area contributed by atoms with Crippen molar-refractivity contribution in [1.82, 2.24) is 10.2 Å². The topological polar surface area (TPSA) is 66.5 Å². The second-order valence-electron chi connectivity index (χ2n) is 6.24. The monoisotopic (exact) mass is 316 g/mol. The van der Waals surface area contributed by atoms with Crippen LogP contribution in [0.2, 0.25) is 0 Å². The molecule has 0 aliphatic carbocycles. The van der Waals surface area contributed by atoms with Gasteiger partial charge in [-0.25, -0.2) is 0 Å². The Bertz CT molecular complexity index is 668. The number of rotatable bonds is 3. The standard InChI is InChI=1S/C17H20N2O3.CH4/c1-3-5-11-6-4-7-12-10-19(15(21)14(11)12)17(2)9-8-13(20)18-16(17)22;/h4,6-7H,3,5,8-10H2,1-2H3,(H,18,20,22);1H4. The van der Waals surface area contributed by atoms with Gasteiger partial charge >= 0.3 is 0 Å². The summed E-state index contributed by atoms with van der Waals surface area (Å²) in [5.41, 5.74) is 1.81. The number of hydrogen-bond donors (Lipinski definition) is 1. The summed E-state index contributed by atoms with van der Waals surface area (Å²) in [5, 5.41) is 2.36. The molecule has 1 saturated heterocycles. The highest BCUT2D eigenvalue weighted by atomic mass is 16.2. The lowest BCUT2D eigenvalue weighted by Gasteiger charge is -2.39. The van der Waals surface area contributed by atoms with E-state index in [1.54, 1.807) is 11.8 Å². The molecule has 1 atom stereocenters. The van der Waals surface area contributed by atoms with Gasteiger partial charge in [-0.05, 0) is 30.9 Å². The summed E-state index contributed by atoms with van der Waals surface area (Å²) in [5.74, 6) is -0.730. The molecule has 1 aromatic carbocycles. The number of carbonyl (C=O) groups is 3. The zero-order valence-electron chi connectivity index (χ0n) is 12.9. The Kier molecular flexibility index (Phi) is 4.59. The van der Waals surface area contributed by atoms with Crippen LogP contribution in [0, 0.1) is 0 Å². The van der Waals surface area contributed by atoms with Crippen LogP contribution in [0.3, 0.4) is 0 Å². The number of amides is 3. The zero-order valence-corrected chi connectivity index (χ0v) is 12.9. The maximum Gasteiger partial charge on any atom is 0.255 e. The molecule has 1 aromatic rings. The Morgan fingerprint density at radius 3 is 2.65 bits per heavy atom. The van der Waals surface area contributed by atoms with Crippen molar-refractivity contribution in [1.29, 1.82) is 0 Å². The molecule has 0 bridgehead atoms. The van der Waals surface area contributed by atoms with Crippen molar-refractivity contribution >= 4 is 17.7 Å². The third kappa shape index (κ3) is 2.64. The van der Waals surface area contributed by atoms with E-state index in [-0.39, 0.29) is 31.6 Å². The summed E-state index contributed by atoms with van der Waals surface area (Å²) >= 11 is 0. The van der Waals surface area contributed by atoms with Crippen LogP contribution in [0.1, 0.15) is 62.0 Å². The van der Waals surface area contributed by atoms with Gasteiger partial charge in [-0.1, -0.05) is 39.0 Å². The second-order valence-corrected chi connectivity index (χ2v) is 6.24. The van der Waals surface area contributed by atoms with E-state index in [1.165, 1.54) is 0 Å². The Hall–Kier alpha value is -2.17. The highest BCUT2D eigenvalue weighted by Crippen LogP contribution is 2.35. The molecule has 2 aliphatic rings. The molecular formula is C18H24N2O3. The minimum atomic E-state index is -0.951. The number of benzene rings is 1. The number of hydrogen-bond acceptors (Lipinski definition) is 3. The van der Waals surface area contributed by atoms with E-state index < -0.39 is 5.54 Å². The third-order valence-corrected chi connectivity index (χ3v) is 4.72. The molecule has 2 aliphatic heterocycles. The smallest absolute Gasteiger partial charge is 0.255 e. The van der Waals surface area contributed by atoms with Gasteiger partial charge in [0, 0.05) is 18.5 Å². The van der Waals surface area contributed by atoms with Crippen molar-refractivity contribution in [3.05, 3.63) is 34.9 Å². The molecule has 1 fully saturated rings. The Balaban J connectivity index is 0.00000192. The third-order valence-electron chi connectivity index (χ3n) is 4.72. The van der Waals surface area contributed by atoms with Gasteiger partial charge in [0.2, 0.25) is 5.91 Å². The first-order chi connectivity index (χ1) is 10.5. The maximum absolute atomic E-state index is 12.9. The van der Waals surface area contributed by atoms with Crippen LogP contribution in [0.25, 0.3) is 0 Å². The predicted octanol–water partition coefficient (Wildman–Crippen LogP) is 2.43. The average Bonchev–Trinajstić information content (AvgIpc) is 2.83. The molecule has 5 nitrogen and oxygen atoms in total. The lowest BCUT2D eigenvalue weighted by atomic mass is 9.89. The van der Waals surface area contributed by atoms with Gasteiger partial charge in [-0.3, -0.25) is 19.7 Å². The van der Waals surface area contributed by atoms with E-state index in [1.807, 2.05) is 18.2 Å². The van der Waals surface area contributed by atoms with Crippen LogP contribution in [0.5, 0.6) is 0 Å². The van der Waals surface area contributed by atoms with Crippen molar-refractivity contribution in [2.75, 3.05) is 0 Å². The van der Waals surface area contributed by atoms with E-state index in [4.69, 9.17) is 0 Å². The summed E-state index contributed by atoms with van der Waals surface area (Å²) in [6.07, 6.45) is 2.46. The minimum absolute atomic E-state index is 0. The van der Waals surface area contributed by atoms with Gasteiger partial charge < -0.3 is 4.90 Å². The van der Waals surface area contributed by atoms with Gasteiger partial charge in [0.1, 0.15) is 5.54 Å². The van der Waals surface area contributed by atoms with Gasteiger partial charge in [0.05, 0.1) is 0 Å². The molecule has 3 amide bonds. The lowest BCUT2D eigenvalue weighted by molar-refractivity contribution is -0.142. The van der Waals surface area contributed by atoms with Gasteiger partial charge in [-0.2, -0.15) is 0 Å². The van der Waals surface area contributed by atoms with E-state index in [2.05, 4.69) is 12.2 Å². The average molecular weight is 316 g/mol. The van der Waals surface area contributed by atoms with Gasteiger partial charge in [0.15, 0.2) is 0 Å². The molecule has 0 saturated carbocycles. The van der Waals surface area contributed by atoms with Crippen LogP contribution in [0.4, 0.5) is 0 Å². The number of carbonyl (C=O) groups excluding carboxylic acids is 3. The molecule has 1 N–H and O–H groups in total. The molecule has 124 valence electrons. The molecular weight excluding hydrogens is 292 g/mol. The Morgan fingerprint density at radius 1 is 1.26 bits per heavy atom. The number of nitrogens with one attached hydrogen (secondary N) is 1. The fourth-order valence-corrected chi connectivity index (χ4v) is 3.36. The fourth-order valence-electron chi connectivity index (χ4n) is 3.36. The second kappa shape index (κ2) is 6.14. The van der Waals surface area contributed by atoms with Crippen LogP contribution < -0.4 is 5.32 Å². The van der Waals surface area contributed by atoms with E-state index in [0.29, 0.717) is 13.0 Å². The van der Waals surface area contributed by atoms with Crippen molar-refractivity contribution in [3.63, 3.8) is 0 Å². The van der Waals surface area contributed by atoms with E-state index in [9.17, 15) is 14.4 Å². The van der Waals surface area contributed by atoms with Gasteiger partial charge in [0.25, 0.3) is 11.8 Å². The quantitative estimate of drug-likeness (QED) is 0.871. The minimum Gasteiger partial charge on any atom is -0.320 e. The number of nitrogens with zero attached hydrogens (tertiary/aromatic N) is 1. The Labute approximate surface area is 137 Å².